The Morgan fingerprint density at radius 3 is 2.79 bits per heavy atom. The summed E-state index contributed by atoms with van der Waals surface area (Å²) >= 11 is 0. The van der Waals surface area contributed by atoms with E-state index in [1.807, 2.05) is 38.2 Å². The zero-order valence-electron chi connectivity index (χ0n) is 11.5. The molecule has 1 heterocycles. The summed E-state index contributed by atoms with van der Waals surface area (Å²) in [6.45, 7) is 5.20. The zero-order chi connectivity index (χ0) is 13.7. The van der Waals surface area contributed by atoms with Crippen molar-refractivity contribution in [1.82, 2.24) is 9.97 Å². The monoisotopic (exact) mass is 261 g/mol. The van der Waals surface area contributed by atoms with E-state index in [0.29, 0.717) is 13.2 Å². The van der Waals surface area contributed by atoms with Gasteiger partial charge in [-0.1, -0.05) is 0 Å². The lowest BCUT2D eigenvalue weighted by molar-refractivity contribution is 0.311. The van der Waals surface area contributed by atoms with Crippen LogP contribution in [0, 0.1) is 6.92 Å². The molecule has 0 radical (unpaired) electrons. The third kappa shape index (κ3) is 3.40. The van der Waals surface area contributed by atoms with Crippen molar-refractivity contribution in [3.05, 3.63) is 35.9 Å². The van der Waals surface area contributed by atoms with E-state index in [2.05, 4.69) is 15.3 Å². The Morgan fingerprint density at radius 2 is 2.16 bits per heavy atom. The first kappa shape index (κ1) is 13.3. The molecule has 2 N–H and O–H groups in total. The quantitative estimate of drug-likeness (QED) is 0.839. The minimum atomic E-state index is 0.622. The molecule has 2 aromatic rings. The van der Waals surface area contributed by atoms with Gasteiger partial charge >= 0.3 is 0 Å². The summed E-state index contributed by atoms with van der Waals surface area (Å²) in [7, 11) is 1.64. The summed E-state index contributed by atoms with van der Waals surface area (Å²) in [5.41, 5.74) is 2.03. The minimum absolute atomic E-state index is 0.622. The molecule has 0 saturated heterocycles. The van der Waals surface area contributed by atoms with Crippen LogP contribution >= 0.6 is 0 Å². The van der Waals surface area contributed by atoms with Gasteiger partial charge in [0.1, 0.15) is 5.82 Å². The topological polar surface area (TPSA) is 59.2 Å². The van der Waals surface area contributed by atoms with Crippen LogP contribution in [0.3, 0.4) is 0 Å². The van der Waals surface area contributed by atoms with E-state index in [0.717, 1.165) is 28.7 Å². The first-order chi connectivity index (χ1) is 9.22. The number of imidazole rings is 1. The molecule has 0 aliphatic heterocycles. The molecule has 0 fully saturated rings. The van der Waals surface area contributed by atoms with Gasteiger partial charge in [-0.25, -0.2) is 4.98 Å². The summed E-state index contributed by atoms with van der Waals surface area (Å²) in [5.74, 6) is 2.40. The summed E-state index contributed by atoms with van der Waals surface area (Å²) in [5, 5.41) is 3.31. The Bertz CT molecular complexity index is 537. The molecular weight excluding hydrogens is 242 g/mol. The molecule has 0 atom stereocenters. The summed E-state index contributed by atoms with van der Waals surface area (Å²) in [6.07, 6.45) is 1.83. The van der Waals surface area contributed by atoms with Crippen molar-refractivity contribution < 1.29 is 9.47 Å². The van der Waals surface area contributed by atoms with Gasteiger partial charge in [0.25, 0.3) is 0 Å². The number of aromatic amines is 1. The number of benzene rings is 1. The van der Waals surface area contributed by atoms with E-state index >= 15 is 0 Å². The number of H-pyrrole nitrogens is 1. The van der Waals surface area contributed by atoms with Gasteiger partial charge in [0.05, 0.1) is 32.2 Å². The summed E-state index contributed by atoms with van der Waals surface area (Å²) in [6, 6.07) is 5.80. The second-order valence-corrected chi connectivity index (χ2v) is 4.15. The molecule has 0 aliphatic carbocycles. The predicted molar refractivity (Wildman–Crippen MR) is 74.8 cm³/mol. The molecule has 0 amide bonds. The van der Waals surface area contributed by atoms with Crippen molar-refractivity contribution in [2.45, 2.75) is 20.4 Å². The highest BCUT2D eigenvalue weighted by Crippen LogP contribution is 2.30. The highest BCUT2D eigenvalue weighted by molar-refractivity contribution is 5.54. The van der Waals surface area contributed by atoms with E-state index in [1.165, 1.54) is 0 Å². The SMILES string of the molecule is CCOc1ccc(NCc2cnc(C)[nH]2)cc1OC. The van der Waals surface area contributed by atoms with Crippen LogP contribution in [0.15, 0.2) is 24.4 Å². The van der Waals surface area contributed by atoms with Gasteiger partial charge < -0.3 is 19.8 Å². The van der Waals surface area contributed by atoms with E-state index in [4.69, 9.17) is 9.47 Å². The van der Waals surface area contributed by atoms with E-state index in [1.54, 1.807) is 7.11 Å². The lowest BCUT2D eigenvalue weighted by Crippen LogP contribution is -2.01. The van der Waals surface area contributed by atoms with Crippen LogP contribution in [-0.2, 0) is 6.54 Å². The third-order valence-electron chi connectivity index (χ3n) is 2.70. The maximum atomic E-state index is 5.48. The van der Waals surface area contributed by atoms with Crippen molar-refractivity contribution in [3.8, 4) is 11.5 Å². The van der Waals surface area contributed by atoms with Gasteiger partial charge in [-0.15, -0.1) is 0 Å². The van der Waals surface area contributed by atoms with Crippen LogP contribution in [0.25, 0.3) is 0 Å². The summed E-state index contributed by atoms with van der Waals surface area (Å²) in [4.78, 5) is 7.34. The number of hydrogen-bond donors (Lipinski definition) is 2. The third-order valence-corrected chi connectivity index (χ3v) is 2.70. The molecule has 1 aromatic carbocycles. The minimum Gasteiger partial charge on any atom is -0.493 e. The molecule has 0 saturated carbocycles. The molecular formula is C14H19N3O2. The van der Waals surface area contributed by atoms with Crippen LogP contribution in [0.4, 0.5) is 5.69 Å². The number of nitrogens with one attached hydrogen (secondary N) is 2. The molecule has 1 aromatic heterocycles. The number of nitrogens with zero attached hydrogens (tertiary/aromatic N) is 1. The second-order valence-electron chi connectivity index (χ2n) is 4.15. The number of aromatic nitrogens is 2. The molecule has 19 heavy (non-hydrogen) atoms. The molecule has 0 spiro atoms. The van der Waals surface area contributed by atoms with Gasteiger partial charge in [0, 0.05) is 11.8 Å². The number of hydrogen-bond acceptors (Lipinski definition) is 4. The Morgan fingerprint density at radius 1 is 1.32 bits per heavy atom. The number of anilines is 1. The van der Waals surface area contributed by atoms with Crippen LogP contribution in [0.5, 0.6) is 11.5 Å². The standard InChI is InChI=1S/C14H19N3O2/c1-4-19-13-6-5-11(7-14(13)18-3)16-9-12-8-15-10(2)17-12/h5-8,16H,4,9H2,1-3H3,(H,15,17). The van der Waals surface area contributed by atoms with Crippen molar-refractivity contribution >= 4 is 5.69 Å². The Hall–Kier alpha value is -2.17. The number of methoxy groups -OCH3 is 1. The van der Waals surface area contributed by atoms with Gasteiger partial charge in [-0.2, -0.15) is 0 Å². The normalized spacial score (nSPS) is 10.3. The molecule has 0 bridgehead atoms. The van der Waals surface area contributed by atoms with Crippen molar-refractivity contribution in [1.29, 1.82) is 0 Å². The van der Waals surface area contributed by atoms with Crippen LogP contribution < -0.4 is 14.8 Å². The van der Waals surface area contributed by atoms with E-state index < -0.39 is 0 Å². The average molecular weight is 261 g/mol. The van der Waals surface area contributed by atoms with Crippen molar-refractivity contribution in [2.75, 3.05) is 19.0 Å². The van der Waals surface area contributed by atoms with E-state index in [-0.39, 0.29) is 0 Å². The maximum absolute atomic E-state index is 5.48. The highest BCUT2D eigenvalue weighted by Gasteiger charge is 2.05. The molecule has 5 nitrogen and oxygen atoms in total. The van der Waals surface area contributed by atoms with E-state index in [9.17, 15) is 0 Å². The van der Waals surface area contributed by atoms with Gasteiger partial charge in [0.15, 0.2) is 11.5 Å². The average Bonchev–Trinajstić information content (AvgIpc) is 2.83. The fourth-order valence-corrected chi connectivity index (χ4v) is 1.81. The number of ether oxygens (including phenoxy) is 2. The molecule has 0 unspecified atom stereocenters. The molecule has 102 valence electrons. The second kappa shape index (κ2) is 6.13. The Kier molecular flexibility index (Phi) is 4.28. The van der Waals surface area contributed by atoms with Crippen LogP contribution in [0.1, 0.15) is 18.4 Å². The molecule has 0 aliphatic rings. The van der Waals surface area contributed by atoms with Crippen molar-refractivity contribution in [3.63, 3.8) is 0 Å². The Balaban J connectivity index is 2.04. The summed E-state index contributed by atoms with van der Waals surface area (Å²) < 4.78 is 10.8. The molecule has 5 heteroatoms. The molecule has 2 rings (SSSR count). The first-order valence-electron chi connectivity index (χ1n) is 6.28. The zero-order valence-corrected chi connectivity index (χ0v) is 11.5. The fraction of sp³-hybridized carbons (Fsp3) is 0.357. The fourth-order valence-electron chi connectivity index (χ4n) is 1.81. The van der Waals surface area contributed by atoms with Crippen LogP contribution in [0.2, 0.25) is 0 Å². The lowest BCUT2D eigenvalue weighted by Gasteiger charge is -2.11. The lowest BCUT2D eigenvalue weighted by atomic mass is 10.2. The van der Waals surface area contributed by atoms with Gasteiger partial charge in [0.2, 0.25) is 0 Å². The largest absolute Gasteiger partial charge is 0.493 e. The van der Waals surface area contributed by atoms with Crippen LogP contribution in [-0.4, -0.2) is 23.7 Å². The Labute approximate surface area is 113 Å². The van der Waals surface area contributed by atoms with Gasteiger partial charge in [-0.05, 0) is 26.0 Å². The number of rotatable bonds is 6. The smallest absolute Gasteiger partial charge is 0.162 e. The maximum Gasteiger partial charge on any atom is 0.162 e. The van der Waals surface area contributed by atoms with Crippen molar-refractivity contribution in [2.24, 2.45) is 0 Å². The number of aryl methyl sites for hydroxylation is 1. The predicted octanol–water partition coefficient (Wildman–Crippen LogP) is 2.74. The highest BCUT2D eigenvalue weighted by atomic mass is 16.5. The van der Waals surface area contributed by atoms with Gasteiger partial charge in [-0.3, -0.25) is 0 Å². The first-order valence-corrected chi connectivity index (χ1v) is 6.28.